The van der Waals surface area contributed by atoms with Crippen LogP contribution in [0.4, 0.5) is 4.79 Å². The molecule has 0 aromatic carbocycles. The van der Waals surface area contributed by atoms with Crippen LogP contribution in [0.3, 0.4) is 0 Å². The fourth-order valence-corrected chi connectivity index (χ4v) is 2.05. The van der Waals surface area contributed by atoms with Gasteiger partial charge in [-0.05, 0) is 38.8 Å². The summed E-state index contributed by atoms with van der Waals surface area (Å²) in [5, 5.41) is 5.94. The van der Waals surface area contributed by atoms with Crippen molar-refractivity contribution >= 4 is 11.9 Å². The maximum absolute atomic E-state index is 12.0. The fraction of sp³-hybridized carbons (Fsp3) is 0.818. The summed E-state index contributed by atoms with van der Waals surface area (Å²) >= 11 is 0. The first-order valence-electron chi connectivity index (χ1n) is 5.91. The Hall–Kier alpha value is -1.10. The summed E-state index contributed by atoms with van der Waals surface area (Å²) in [4.78, 5) is 25.0. The van der Waals surface area contributed by atoms with Crippen LogP contribution in [0.25, 0.3) is 0 Å². The Bertz CT molecular complexity index is 314. The average Bonchev–Trinajstić information content (AvgIpc) is 2.40. The molecule has 2 aliphatic rings. The third-order valence-electron chi connectivity index (χ3n) is 3.68. The van der Waals surface area contributed by atoms with Crippen LogP contribution in [0.15, 0.2) is 0 Å². The van der Waals surface area contributed by atoms with E-state index in [9.17, 15) is 9.59 Å². The van der Waals surface area contributed by atoms with Gasteiger partial charge in [-0.1, -0.05) is 6.92 Å². The lowest BCUT2D eigenvalue weighted by molar-refractivity contribution is -0.131. The summed E-state index contributed by atoms with van der Waals surface area (Å²) in [6.07, 6.45) is 1.55. The molecule has 3 amide bonds. The molecule has 0 aromatic heterocycles. The maximum Gasteiger partial charge on any atom is 0.325 e. The van der Waals surface area contributed by atoms with E-state index in [4.69, 9.17) is 0 Å². The van der Waals surface area contributed by atoms with Crippen LogP contribution in [0.5, 0.6) is 0 Å². The highest BCUT2D eigenvalue weighted by Gasteiger charge is 2.46. The number of rotatable bonds is 4. The molecular weight excluding hydrogens is 206 g/mol. The minimum atomic E-state index is -0.686. The molecule has 2 heterocycles. The Labute approximate surface area is 95.6 Å². The molecule has 2 aliphatic heterocycles. The van der Waals surface area contributed by atoms with Gasteiger partial charge in [-0.15, -0.1) is 0 Å². The number of nitrogens with one attached hydrogen (secondary N) is 2. The standard InChI is InChI=1S/C11H19N3O2/c1-3-11(2)9(15)14(10(16)13-11)5-4-8-6-12-7-8/h8,12H,3-7H2,1-2H3,(H,13,16). The van der Waals surface area contributed by atoms with E-state index in [1.165, 1.54) is 4.90 Å². The minimum Gasteiger partial charge on any atom is -0.323 e. The minimum absolute atomic E-state index is 0.0766. The summed E-state index contributed by atoms with van der Waals surface area (Å²) in [5.41, 5.74) is -0.686. The van der Waals surface area contributed by atoms with E-state index in [2.05, 4.69) is 10.6 Å². The summed E-state index contributed by atoms with van der Waals surface area (Å²) < 4.78 is 0. The monoisotopic (exact) mass is 225 g/mol. The van der Waals surface area contributed by atoms with Crippen molar-refractivity contribution in [3.8, 4) is 0 Å². The smallest absolute Gasteiger partial charge is 0.323 e. The molecule has 5 nitrogen and oxygen atoms in total. The van der Waals surface area contributed by atoms with E-state index in [1.807, 2.05) is 6.92 Å². The number of carbonyl (C=O) groups excluding carboxylic acids is 2. The highest BCUT2D eigenvalue weighted by Crippen LogP contribution is 2.22. The van der Waals surface area contributed by atoms with E-state index in [-0.39, 0.29) is 11.9 Å². The lowest BCUT2D eigenvalue weighted by Crippen LogP contribution is -2.45. The van der Waals surface area contributed by atoms with Gasteiger partial charge in [0.2, 0.25) is 0 Å². The number of urea groups is 1. The first kappa shape index (κ1) is 11.4. The predicted octanol–water partition coefficient (Wildman–Crippen LogP) is 0.316. The Morgan fingerprint density at radius 1 is 1.44 bits per heavy atom. The summed E-state index contributed by atoms with van der Waals surface area (Å²) in [6.45, 7) is 6.27. The van der Waals surface area contributed by atoms with Crippen molar-refractivity contribution in [1.29, 1.82) is 0 Å². The summed E-state index contributed by atoms with van der Waals surface area (Å²) in [7, 11) is 0. The quantitative estimate of drug-likeness (QED) is 0.677. The number of amides is 3. The van der Waals surface area contributed by atoms with Crippen LogP contribution >= 0.6 is 0 Å². The van der Waals surface area contributed by atoms with Gasteiger partial charge in [0.25, 0.3) is 5.91 Å². The first-order valence-corrected chi connectivity index (χ1v) is 5.91. The summed E-state index contributed by atoms with van der Waals surface area (Å²) in [5.74, 6) is 0.543. The predicted molar refractivity (Wildman–Crippen MR) is 59.9 cm³/mol. The fourth-order valence-electron chi connectivity index (χ4n) is 2.05. The van der Waals surface area contributed by atoms with E-state index in [0.717, 1.165) is 19.5 Å². The second kappa shape index (κ2) is 4.05. The van der Waals surface area contributed by atoms with E-state index >= 15 is 0 Å². The Morgan fingerprint density at radius 3 is 2.56 bits per heavy atom. The zero-order chi connectivity index (χ0) is 11.8. The lowest BCUT2D eigenvalue weighted by atomic mass is 9.97. The molecule has 2 saturated heterocycles. The van der Waals surface area contributed by atoms with Crippen LogP contribution in [-0.4, -0.2) is 42.0 Å². The highest BCUT2D eigenvalue weighted by molar-refractivity contribution is 6.06. The van der Waals surface area contributed by atoms with Crippen LogP contribution in [0.1, 0.15) is 26.7 Å². The van der Waals surface area contributed by atoms with Crippen molar-refractivity contribution < 1.29 is 9.59 Å². The number of hydrogen-bond acceptors (Lipinski definition) is 3. The second-order valence-electron chi connectivity index (χ2n) is 4.89. The van der Waals surface area contributed by atoms with E-state index in [0.29, 0.717) is 18.9 Å². The Morgan fingerprint density at radius 2 is 2.12 bits per heavy atom. The van der Waals surface area contributed by atoms with Crippen LogP contribution in [-0.2, 0) is 4.79 Å². The number of carbonyl (C=O) groups is 2. The summed E-state index contributed by atoms with van der Waals surface area (Å²) in [6, 6.07) is -0.235. The molecule has 90 valence electrons. The van der Waals surface area contributed by atoms with Crippen molar-refractivity contribution in [3.05, 3.63) is 0 Å². The van der Waals surface area contributed by atoms with Gasteiger partial charge in [0.15, 0.2) is 0 Å². The maximum atomic E-state index is 12.0. The molecule has 2 rings (SSSR count). The number of nitrogens with zero attached hydrogens (tertiary/aromatic N) is 1. The van der Waals surface area contributed by atoms with E-state index < -0.39 is 5.54 Å². The first-order chi connectivity index (χ1) is 7.57. The molecule has 16 heavy (non-hydrogen) atoms. The van der Waals surface area contributed by atoms with Crippen LogP contribution < -0.4 is 10.6 Å². The molecule has 0 bridgehead atoms. The number of hydrogen-bond donors (Lipinski definition) is 2. The van der Waals surface area contributed by atoms with Gasteiger partial charge in [-0.25, -0.2) is 4.79 Å². The van der Waals surface area contributed by atoms with Gasteiger partial charge in [0.05, 0.1) is 0 Å². The van der Waals surface area contributed by atoms with Crippen molar-refractivity contribution in [2.45, 2.75) is 32.2 Å². The Balaban J connectivity index is 1.93. The molecule has 2 N–H and O–H groups in total. The van der Waals surface area contributed by atoms with Gasteiger partial charge in [0, 0.05) is 6.54 Å². The topological polar surface area (TPSA) is 61.4 Å². The van der Waals surface area contributed by atoms with Crippen LogP contribution in [0, 0.1) is 5.92 Å². The van der Waals surface area contributed by atoms with E-state index in [1.54, 1.807) is 6.92 Å². The molecule has 2 fully saturated rings. The average molecular weight is 225 g/mol. The molecule has 0 aliphatic carbocycles. The Kier molecular flexibility index (Phi) is 2.88. The van der Waals surface area contributed by atoms with Crippen molar-refractivity contribution in [2.24, 2.45) is 5.92 Å². The molecule has 0 aromatic rings. The third kappa shape index (κ3) is 1.80. The second-order valence-corrected chi connectivity index (χ2v) is 4.89. The van der Waals surface area contributed by atoms with Gasteiger partial charge in [-0.3, -0.25) is 9.69 Å². The third-order valence-corrected chi connectivity index (χ3v) is 3.68. The zero-order valence-electron chi connectivity index (χ0n) is 9.88. The molecular formula is C11H19N3O2. The zero-order valence-corrected chi connectivity index (χ0v) is 9.88. The molecule has 1 unspecified atom stereocenters. The van der Waals surface area contributed by atoms with Crippen molar-refractivity contribution in [2.75, 3.05) is 19.6 Å². The largest absolute Gasteiger partial charge is 0.325 e. The molecule has 5 heteroatoms. The highest BCUT2D eigenvalue weighted by atomic mass is 16.2. The molecule has 0 spiro atoms. The lowest BCUT2D eigenvalue weighted by Gasteiger charge is -2.28. The normalized spacial score (nSPS) is 30.5. The molecule has 0 saturated carbocycles. The SMILES string of the molecule is CCC1(C)NC(=O)N(CCC2CNC2)C1=O. The van der Waals surface area contributed by atoms with Gasteiger partial charge in [-0.2, -0.15) is 0 Å². The number of imide groups is 1. The van der Waals surface area contributed by atoms with Crippen molar-refractivity contribution in [3.63, 3.8) is 0 Å². The van der Waals surface area contributed by atoms with Gasteiger partial charge >= 0.3 is 6.03 Å². The molecule has 1 atom stereocenters. The van der Waals surface area contributed by atoms with Gasteiger partial charge in [0.1, 0.15) is 5.54 Å². The van der Waals surface area contributed by atoms with Crippen LogP contribution in [0.2, 0.25) is 0 Å². The molecule has 0 radical (unpaired) electrons. The van der Waals surface area contributed by atoms with Gasteiger partial charge < -0.3 is 10.6 Å². The van der Waals surface area contributed by atoms with Crippen molar-refractivity contribution in [1.82, 2.24) is 15.5 Å².